The van der Waals surface area contributed by atoms with E-state index in [9.17, 15) is 9.90 Å². The summed E-state index contributed by atoms with van der Waals surface area (Å²) < 4.78 is 4.58. The lowest BCUT2D eigenvalue weighted by atomic mass is 9.95. The van der Waals surface area contributed by atoms with Gasteiger partial charge in [0.15, 0.2) is 0 Å². The number of likely N-dealkylation sites (N-methyl/N-ethyl adjacent to an activating group) is 1. The molecule has 0 aromatic heterocycles. The molecule has 0 fully saturated rings. The van der Waals surface area contributed by atoms with Crippen molar-refractivity contribution < 1.29 is 14.6 Å². The first-order valence-corrected chi connectivity index (χ1v) is 5.49. The van der Waals surface area contributed by atoms with Gasteiger partial charge in [-0.05, 0) is 19.5 Å². The largest absolute Gasteiger partial charge is 0.468 e. The number of rotatable bonds is 5. The van der Waals surface area contributed by atoms with Gasteiger partial charge in [0.05, 0.1) is 19.3 Å². The van der Waals surface area contributed by atoms with Gasteiger partial charge in [0.1, 0.15) is 0 Å². The van der Waals surface area contributed by atoms with Crippen molar-refractivity contribution >= 4 is 5.97 Å². The number of hydrogen-bond acceptors (Lipinski definition) is 4. The molecule has 4 nitrogen and oxygen atoms in total. The second kappa shape index (κ2) is 5.80. The normalized spacial score (nSPS) is 14.4. The number of carbonyl (C=O) groups excluding carboxylic acids is 1. The Labute approximate surface area is 102 Å². The third-order valence-corrected chi connectivity index (χ3v) is 2.60. The van der Waals surface area contributed by atoms with E-state index < -0.39 is 5.60 Å². The molecular formula is C13H19NO3. The van der Waals surface area contributed by atoms with E-state index in [1.165, 1.54) is 7.11 Å². The standard InChI is InChI=1S/C13H19NO3/c1-13(16,11-7-5-4-6-8-11)10-14(2)9-12(15)17-3/h4-8,16H,9-10H2,1-3H3. The topological polar surface area (TPSA) is 49.8 Å². The van der Waals surface area contributed by atoms with Crippen LogP contribution in [0.25, 0.3) is 0 Å². The van der Waals surface area contributed by atoms with Crippen molar-refractivity contribution in [2.45, 2.75) is 12.5 Å². The maximum atomic E-state index is 11.1. The van der Waals surface area contributed by atoms with Crippen LogP contribution < -0.4 is 0 Å². The summed E-state index contributed by atoms with van der Waals surface area (Å²) in [7, 11) is 3.12. The van der Waals surface area contributed by atoms with Gasteiger partial charge in [-0.3, -0.25) is 9.69 Å². The summed E-state index contributed by atoms with van der Waals surface area (Å²) in [5, 5.41) is 10.3. The van der Waals surface area contributed by atoms with Crippen molar-refractivity contribution in [3.8, 4) is 0 Å². The van der Waals surface area contributed by atoms with Crippen molar-refractivity contribution in [2.24, 2.45) is 0 Å². The van der Waals surface area contributed by atoms with E-state index in [-0.39, 0.29) is 12.5 Å². The monoisotopic (exact) mass is 237 g/mol. The number of methoxy groups -OCH3 is 1. The Morgan fingerprint density at radius 2 is 2.00 bits per heavy atom. The highest BCUT2D eigenvalue weighted by Gasteiger charge is 2.25. The number of carbonyl (C=O) groups is 1. The van der Waals surface area contributed by atoms with Crippen LogP contribution in [-0.4, -0.2) is 43.2 Å². The predicted octanol–water partition coefficient (Wildman–Crippen LogP) is 0.999. The number of esters is 1. The van der Waals surface area contributed by atoms with Gasteiger partial charge in [-0.2, -0.15) is 0 Å². The van der Waals surface area contributed by atoms with Crippen LogP contribution in [0.5, 0.6) is 0 Å². The van der Waals surface area contributed by atoms with Gasteiger partial charge >= 0.3 is 5.97 Å². The third-order valence-electron chi connectivity index (χ3n) is 2.60. The zero-order chi connectivity index (χ0) is 12.9. The number of benzene rings is 1. The summed E-state index contributed by atoms with van der Waals surface area (Å²) >= 11 is 0. The first-order chi connectivity index (χ1) is 7.95. The maximum absolute atomic E-state index is 11.1. The number of hydrogen-bond donors (Lipinski definition) is 1. The molecule has 0 saturated heterocycles. The lowest BCUT2D eigenvalue weighted by molar-refractivity contribution is -0.142. The first kappa shape index (κ1) is 13.7. The molecule has 1 unspecified atom stereocenters. The SMILES string of the molecule is COC(=O)CN(C)CC(C)(O)c1ccccc1. The van der Waals surface area contributed by atoms with Crippen LogP contribution in [0.4, 0.5) is 0 Å². The van der Waals surface area contributed by atoms with Crippen LogP contribution >= 0.6 is 0 Å². The highest BCUT2D eigenvalue weighted by molar-refractivity contribution is 5.71. The molecule has 0 saturated carbocycles. The number of ether oxygens (including phenoxy) is 1. The second-order valence-corrected chi connectivity index (χ2v) is 4.39. The van der Waals surface area contributed by atoms with E-state index in [1.54, 1.807) is 18.9 Å². The summed E-state index contributed by atoms with van der Waals surface area (Å²) in [5.74, 6) is -0.309. The minimum atomic E-state index is -0.982. The Bertz CT molecular complexity index is 362. The van der Waals surface area contributed by atoms with Crippen molar-refractivity contribution in [1.29, 1.82) is 0 Å². The van der Waals surface area contributed by atoms with Crippen molar-refractivity contribution in [3.63, 3.8) is 0 Å². The maximum Gasteiger partial charge on any atom is 0.319 e. The van der Waals surface area contributed by atoms with Gasteiger partial charge < -0.3 is 9.84 Å². The van der Waals surface area contributed by atoms with E-state index >= 15 is 0 Å². The lowest BCUT2D eigenvalue weighted by Gasteiger charge is -2.28. The van der Waals surface area contributed by atoms with Gasteiger partial charge in [-0.15, -0.1) is 0 Å². The molecule has 0 heterocycles. The number of nitrogens with zero attached hydrogens (tertiary/aromatic N) is 1. The van der Waals surface area contributed by atoms with Crippen molar-refractivity contribution in [1.82, 2.24) is 4.90 Å². The average Bonchev–Trinajstić information content (AvgIpc) is 2.29. The molecular weight excluding hydrogens is 218 g/mol. The first-order valence-electron chi connectivity index (χ1n) is 5.49. The highest BCUT2D eigenvalue weighted by atomic mass is 16.5. The second-order valence-electron chi connectivity index (χ2n) is 4.39. The molecule has 0 aliphatic rings. The molecule has 17 heavy (non-hydrogen) atoms. The smallest absolute Gasteiger partial charge is 0.319 e. The summed E-state index contributed by atoms with van der Waals surface area (Å²) in [5.41, 5.74) is -0.152. The van der Waals surface area contributed by atoms with Crippen LogP contribution in [0, 0.1) is 0 Å². The van der Waals surface area contributed by atoms with Crippen LogP contribution in [0.2, 0.25) is 0 Å². The summed E-state index contributed by atoms with van der Waals surface area (Å²) in [6, 6.07) is 9.39. The molecule has 1 atom stereocenters. The van der Waals surface area contributed by atoms with Crippen LogP contribution in [-0.2, 0) is 15.1 Å². The minimum Gasteiger partial charge on any atom is -0.468 e. The van der Waals surface area contributed by atoms with E-state index in [1.807, 2.05) is 30.3 Å². The Hall–Kier alpha value is -1.39. The zero-order valence-electron chi connectivity index (χ0n) is 10.5. The molecule has 0 spiro atoms. The average molecular weight is 237 g/mol. The Kier molecular flexibility index (Phi) is 4.66. The molecule has 0 amide bonds. The third kappa shape index (κ3) is 4.17. The fourth-order valence-corrected chi connectivity index (χ4v) is 1.75. The molecule has 1 aromatic rings. The van der Waals surface area contributed by atoms with E-state index in [4.69, 9.17) is 0 Å². The molecule has 94 valence electrons. The Morgan fingerprint density at radius 1 is 1.41 bits per heavy atom. The van der Waals surface area contributed by atoms with E-state index in [2.05, 4.69) is 4.74 Å². The van der Waals surface area contributed by atoms with Crippen LogP contribution in [0.1, 0.15) is 12.5 Å². The number of aliphatic hydroxyl groups is 1. The molecule has 0 aliphatic heterocycles. The predicted molar refractivity (Wildman–Crippen MR) is 65.5 cm³/mol. The van der Waals surface area contributed by atoms with Gasteiger partial charge in [0.25, 0.3) is 0 Å². The fourth-order valence-electron chi connectivity index (χ4n) is 1.75. The minimum absolute atomic E-state index is 0.166. The summed E-state index contributed by atoms with van der Waals surface area (Å²) in [4.78, 5) is 12.8. The van der Waals surface area contributed by atoms with Gasteiger partial charge in [-0.25, -0.2) is 0 Å². The van der Waals surface area contributed by atoms with E-state index in [0.717, 1.165) is 5.56 Å². The quantitative estimate of drug-likeness (QED) is 0.776. The summed E-state index contributed by atoms with van der Waals surface area (Å²) in [6.45, 7) is 2.27. The highest BCUT2D eigenvalue weighted by Crippen LogP contribution is 2.20. The molecule has 0 radical (unpaired) electrons. The van der Waals surface area contributed by atoms with Crippen LogP contribution in [0.15, 0.2) is 30.3 Å². The van der Waals surface area contributed by atoms with Crippen LogP contribution in [0.3, 0.4) is 0 Å². The molecule has 1 N–H and O–H groups in total. The molecule has 0 bridgehead atoms. The van der Waals surface area contributed by atoms with E-state index in [0.29, 0.717) is 6.54 Å². The van der Waals surface area contributed by atoms with Crippen molar-refractivity contribution in [2.75, 3.05) is 27.2 Å². The van der Waals surface area contributed by atoms with Gasteiger partial charge in [0, 0.05) is 6.54 Å². The Balaban J connectivity index is 2.63. The molecule has 4 heteroatoms. The Morgan fingerprint density at radius 3 is 2.53 bits per heavy atom. The molecule has 1 aromatic carbocycles. The zero-order valence-corrected chi connectivity index (χ0v) is 10.5. The van der Waals surface area contributed by atoms with Crippen molar-refractivity contribution in [3.05, 3.63) is 35.9 Å². The summed E-state index contributed by atoms with van der Waals surface area (Å²) in [6.07, 6.45) is 0. The van der Waals surface area contributed by atoms with Gasteiger partial charge in [0.2, 0.25) is 0 Å². The fraction of sp³-hybridized carbons (Fsp3) is 0.462. The molecule has 1 rings (SSSR count). The lowest BCUT2D eigenvalue weighted by Crippen LogP contribution is -2.39. The van der Waals surface area contributed by atoms with Gasteiger partial charge in [-0.1, -0.05) is 30.3 Å². The molecule has 0 aliphatic carbocycles.